The molecule has 0 spiro atoms. The predicted octanol–water partition coefficient (Wildman–Crippen LogP) is 3.73. The van der Waals surface area contributed by atoms with Crippen LogP contribution in [-0.4, -0.2) is 36.2 Å². The minimum absolute atomic E-state index is 0.212. The molecule has 1 amide bonds. The summed E-state index contributed by atoms with van der Waals surface area (Å²) in [4.78, 5) is 13.5. The lowest BCUT2D eigenvalue weighted by Crippen LogP contribution is -2.53. The van der Waals surface area contributed by atoms with Crippen molar-refractivity contribution in [3.05, 3.63) is 28.7 Å². The van der Waals surface area contributed by atoms with Gasteiger partial charge in [-0.1, -0.05) is 22.0 Å². The van der Waals surface area contributed by atoms with E-state index in [1.165, 1.54) is 0 Å². The summed E-state index contributed by atoms with van der Waals surface area (Å²) < 4.78 is 6.39. The van der Waals surface area contributed by atoms with E-state index in [-0.39, 0.29) is 6.09 Å². The number of hydrogen-bond donors (Lipinski definition) is 1. The van der Waals surface area contributed by atoms with Gasteiger partial charge in [0.25, 0.3) is 0 Å². The van der Waals surface area contributed by atoms with Gasteiger partial charge in [-0.2, -0.15) is 0 Å². The first-order chi connectivity index (χ1) is 9.33. The monoisotopic (exact) mass is 340 g/mol. The highest BCUT2D eigenvalue weighted by Gasteiger charge is 2.33. The van der Waals surface area contributed by atoms with Crippen LogP contribution in [0.25, 0.3) is 0 Å². The molecular weight excluding hydrogens is 320 g/mol. The van der Waals surface area contributed by atoms with Gasteiger partial charge < -0.3 is 15.0 Å². The van der Waals surface area contributed by atoms with Crippen LogP contribution in [0.3, 0.4) is 0 Å². The Morgan fingerprint density at radius 3 is 2.75 bits per heavy atom. The van der Waals surface area contributed by atoms with E-state index >= 15 is 0 Å². The summed E-state index contributed by atoms with van der Waals surface area (Å²) in [5, 5.41) is 3.39. The molecule has 0 aromatic heterocycles. The van der Waals surface area contributed by atoms with Crippen LogP contribution >= 0.6 is 15.9 Å². The first-order valence-corrected chi connectivity index (χ1v) is 7.60. The average molecular weight is 341 g/mol. The third kappa shape index (κ3) is 4.40. The van der Waals surface area contributed by atoms with E-state index in [1.54, 1.807) is 4.90 Å². The van der Waals surface area contributed by atoms with Crippen molar-refractivity contribution in [1.29, 1.82) is 0 Å². The van der Waals surface area contributed by atoms with Crippen LogP contribution in [0.4, 0.5) is 10.5 Å². The molecular formula is C15H21BrN2O2. The maximum atomic E-state index is 11.8. The van der Waals surface area contributed by atoms with Gasteiger partial charge in [0.1, 0.15) is 5.60 Å². The lowest BCUT2D eigenvalue weighted by Gasteiger charge is -2.40. The molecule has 1 saturated heterocycles. The molecule has 110 valence electrons. The second-order valence-electron chi connectivity index (χ2n) is 6.14. The Morgan fingerprint density at radius 2 is 2.15 bits per heavy atom. The standard InChI is InChI=1S/C15H21BrN2O2/c1-15(2,3)20-14(19)18-9-11(10-18)8-17-13-6-4-5-12(16)7-13/h4-7,11,17H,8-10H2,1-3H3. The Bertz CT molecular complexity index is 479. The van der Waals surface area contributed by atoms with Crippen molar-refractivity contribution in [2.75, 3.05) is 25.0 Å². The number of hydrogen-bond acceptors (Lipinski definition) is 3. The number of ether oxygens (including phenoxy) is 1. The summed E-state index contributed by atoms with van der Waals surface area (Å²) in [6.07, 6.45) is -0.212. The van der Waals surface area contributed by atoms with Gasteiger partial charge >= 0.3 is 6.09 Å². The van der Waals surface area contributed by atoms with E-state index in [4.69, 9.17) is 4.74 Å². The lowest BCUT2D eigenvalue weighted by molar-refractivity contribution is 0.000848. The summed E-state index contributed by atoms with van der Waals surface area (Å²) in [5.74, 6) is 0.487. The van der Waals surface area contributed by atoms with Gasteiger partial charge in [0, 0.05) is 35.7 Å². The number of nitrogens with zero attached hydrogens (tertiary/aromatic N) is 1. The summed E-state index contributed by atoms with van der Waals surface area (Å²) >= 11 is 3.45. The fourth-order valence-corrected chi connectivity index (χ4v) is 2.43. The zero-order valence-corrected chi connectivity index (χ0v) is 13.7. The summed E-state index contributed by atoms with van der Waals surface area (Å²) in [5.41, 5.74) is 0.673. The fourth-order valence-electron chi connectivity index (χ4n) is 2.04. The first kappa shape index (κ1) is 15.2. The molecule has 1 heterocycles. The van der Waals surface area contributed by atoms with Crippen LogP contribution in [0.5, 0.6) is 0 Å². The number of carbonyl (C=O) groups excluding carboxylic acids is 1. The van der Waals surface area contributed by atoms with Crippen LogP contribution in [-0.2, 0) is 4.74 Å². The Morgan fingerprint density at radius 1 is 1.45 bits per heavy atom. The van der Waals surface area contributed by atoms with Crippen molar-refractivity contribution >= 4 is 27.7 Å². The van der Waals surface area contributed by atoms with Crippen LogP contribution in [0.15, 0.2) is 28.7 Å². The van der Waals surface area contributed by atoms with E-state index in [1.807, 2.05) is 45.0 Å². The molecule has 0 radical (unpaired) electrons. The lowest BCUT2D eigenvalue weighted by atomic mass is 10.0. The second-order valence-corrected chi connectivity index (χ2v) is 7.06. The quantitative estimate of drug-likeness (QED) is 0.911. The summed E-state index contributed by atoms with van der Waals surface area (Å²) in [7, 11) is 0. The molecule has 0 unspecified atom stereocenters. The highest BCUT2D eigenvalue weighted by molar-refractivity contribution is 9.10. The largest absolute Gasteiger partial charge is 0.444 e. The zero-order valence-electron chi connectivity index (χ0n) is 12.1. The van der Waals surface area contributed by atoms with Gasteiger partial charge in [-0.15, -0.1) is 0 Å². The van der Waals surface area contributed by atoms with Gasteiger partial charge in [0.2, 0.25) is 0 Å². The van der Waals surface area contributed by atoms with Gasteiger partial charge in [0.15, 0.2) is 0 Å². The van der Waals surface area contributed by atoms with Gasteiger partial charge in [-0.05, 0) is 39.0 Å². The van der Waals surface area contributed by atoms with Gasteiger partial charge in [0.05, 0.1) is 0 Å². The molecule has 4 nitrogen and oxygen atoms in total. The normalized spacial score (nSPS) is 15.7. The third-order valence-electron chi connectivity index (χ3n) is 3.03. The topological polar surface area (TPSA) is 41.6 Å². The summed E-state index contributed by atoms with van der Waals surface area (Å²) in [6, 6.07) is 8.08. The molecule has 1 aromatic rings. The van der Waals surface area contributed by atoms with E-state index < -0.39 is 5.60 Å². The minimum Gasteiger partial charge on any atom is -0.444 e. The van der Waals surface area contributed by atoms with Crippen LogP contribution < -0.4 is 5.32 Å². The van der Waals surface area contributed by atoms with Crippen molar-refractivity contribution in [2.45, 2.75) is 26.4 Å². The molecule has 0 saturated carbocycles. The Hall–Kier alpha value is -1.23. The van der Waals surface area contributed by atoms with Crippen molar-refractivity contribution in [1.82, 2.24) is 4.90 Å². The minimum atomic E-state index is -0.420. The number of amides is 1. The highest BCUT2D eigenvalue weighted by Crippen LogP contribution is 2.21. The van der Waals surface area contributed by atoms with Crippen molar-refractivity contribution in [3.8, 4) is 0 Å². The highest BCUT2D eigenvalue weighted by atomic mass is 79.9. The fraction of sp³-hybridized carbons (Fsp3) is 0.533. The molecule has 1 aliphatic rings. The van der Waals surface area contributed by atoms with Crippen molar-refractivity contribution < 1.29 is 9.53 Å². The number of likely N-dealkylation sites (tertiary alicyclic amines) is 1. The van der Waals surface area contributed by atoms with Crippen LogP contribution in [0.2, 0.25) is 0 Å². The van der Waals surface area contributed by atoms with E-state index in [0.29, 0.717) is 5.92 Å². The maximum absolute atomic E-state index is 11.8. The number of anilines is 1. The Labute approximate surface area is 128 Å². The smallest absolute Gasteiger partial charge is 0.410 e. The zero-order chi connectivity index (χ0) is 14.8. The maximum Gasteiger partial charge on any atom is 0.410 e. The first-order valence-electron chi connectivity index (χ1n) is 6.81. The Kier molecular flexibility index (Phi) is 4.58. The SMILES string of the molecule is CC(C)(C)OC(=O)N1CC(CNc2cccc(Br)c2)C1. The summed E-state index contributed by atoms with van der Waals surface area (Å²) in [6.45, 7) is 8.05. The number of rotatable bonds is 3. The molecule has 1 aromatic carbocycles. The van der Waals surface area contributed by atoms with E-state index in [2.05, 4.69) is 21.2 Å². The molecule has 2 rings (SSSR count). The number of benzene rings is 1. The molecule has 1 fully saturated rings. The number of halogens is 1. The van der Waals surface area contributed by atoms with Crippen LogP contribution in [0.1, 0.15) is 20.8 Å². The molecule has 0 atom stereocenters. The van der Waals surface area contributed by atoms with Crippen LogP contribution in [0, 0.1) is 5.92 Å². The van der Waals surface area contributed by atoms with Gasteiger partial charge in [-0.3, -0.25) is 0 Å². The van der Waals surface area contributed by atoms with Crippen molar-refractivity contribution in [3.63, 3.8) is 0 Å². The molecule has 1 N–H and O–H groups in total. The van der Waals surface area contributed by atoms with E-state index in [9.17, 15) is 4.79 Å². The molecule has 1 aliphatic heterocycles. The molecule has 5 heteroatoms. The molecule has 0 aliphatic carbocycles. The predicted molar refractivity (Wildman–Crippen MR) is 83.9 cm³/mol. The third-order valence-corrected chi connectivity index (χ3v) is 3.52. The second kappa shape index (κ2) is 6.04. The molecule has 20 heavy (non-hydrogen) atoms. The van der Waals surface area contributed by atoms with Crippen molar-refractivity contribution in [2.24, 2.45) is 5.92 Å². The molecule has 0 bridgehead atoms. The van der Waals surface area contributed by atoms with E-state index in [0.717, 1.165) is 29.8 Å². The average Bonchev–Trinajstić information content (AvgIpc) is 2.24. The van der Waals surface area contributed by atoms with Gasteiger partial charge in [-0.25, -0.2) is 4.79 Å². The Balaban J connectivity index is 1.71. The number of nitrogens with one attached hydrogen (secondary N) is 1. The number of carbonyl (C=O) groups is 1.